The summed E-state index contributed by atoms with van der Waals surface area (Å²) in [6, 6.07) is 84.4. The number of aryl methyl sites for hydroxylation is 2. The number of rotatable bonds is 26. The summed E-state index contributed by atoms with van der Waals surface area (Å²) in [6.07, 6.45) is 5.57. The zero-order valence-electron chi connectivity index (χ0n) is 53.1. The second-order valence-corrected chi connectivity index (χ2v) is 26.2. The summed E-state index contributed by atoms with van der Waals surface area (Å²) in [5, 5.41) is 2.43. The number of aromatic nitrogens is 1. The highest BCUT2D eigenvalue weighted by Crippen LogP contribution is 2.52. The molecule has 0 radical (unpaired) electrons. The third-order valence-corrected chi connectivity index (χ3v) is 19.0. The van der Waals surface area contributed by atoms with Crippen LogP contribution in [0.15, 0.2) is 231 Å². The Morgan fingerprint density at radius 3 is 1.25 bits per heavy atom. The van der Waals surface area contributed by atoms with Crippen molar-refractivity contribution >= 4 is 38.9 Å². The molecule has 3 heterocycles. The zero-order valence-corrected chi connectivity index (χ0v) is 53.1. The molecular formula is C83H82N2O6. The van der Waals surface area contributed by atoms with Crippen LogP contribution in [-0.2, 0) is 34.2 Å². The molecule has 8 nitrogen and oxygen atoms in total. The first kappa shape index (κ1) is 60.1. The van der Waals surface area contributed by atoms with E-state index in [1.165, 1.54) is 49.7 Å². The summed E-state index contributed by atoms with van der Waals surface area (Å²) in [6.45, 7) is 16.2. The van der Waals surface area contributed by atoms with E-state index in [0.29, 0.717) is 26.4 Å². The highest BCUT2D eigenvalue weighted by atomic mass is 16.7. The molecule has 0 N–H and O–H groups in total. The standard InChI is InChI=1S/C83H82N2O6/c1-59-20-41-79-75(51-59)76-53-67(68-29-40-74-73-39-19-60(2)52-77(73)83(78(74)54-68,90-47-13-11-45-86-49-43-81(3)55-88-56-81)91-48-14-12-46-87-50-44-82(4)57-89-58-82)30-42-80(76)85(79)72-37-27-66(28-38-72)65-25-35-71(36-26-65)84(69-31-21-63(22-32-69)61-15-7-5-8-16-61)70-33-23-64(24-34-70)62-17-9-6-10-18-62/h5-10,15-42,51-54H,11-14,43-50,55-58H2,1-4H3. The summed E-state index contributed by atoms with van der Waals surface area (Å²) < 4.78 is 40.2. The molecule has 11 aromatic rings. The molecule has 0 amide bonds. The van der Waals surface area contributed by atoms with Gasteiger partial charge >= 0.3 is 0 Å². The van der Waals surface area contributed by atoms with Crippen LogP contribution >= 0.6 is 0 Å². The predicted molar refractivity (Wildman–Crippen MR) is 372 cm³/mol. The Hall–Kier alpha value is -8.44. The highest BCUT2D eigenvalue weighted by molar-refractivity contribution is 6.11. The van der Waals surface area contributed by atoms with Crippen molar-refractivity contribution < 1.29 is 28.4 Å². The van der Waals surface area contributed by atoms with E-state index in [9.17, 15) is 0 Å². The van der Waals surface area contributed by atoms with Gasteiger partial charge in [0.05, 0.1) is 50.7 Å². The van der Waals surface area contributed by atoms with Crippen molar-refractivity contribution in [1.82, 2.24) is 4.57 Å². The van der Waals surface area contributed by atoms with Crippen LogP contribution in [0.4, 0.5) is 17.1 Å². The zero-order chi connectivity index (χ0) is 61.8. The van der Waals surface area contributed by atoms with Gasteiger partial charge in [-0.3, -0.25) is 0 Å². The summed E-state index contributed by atoms with van der Waals surface area (Å²) in [7, 11) is 0. The topological polar surface area (TPSA) is 63.6 Å². The van der Waals surface area contributed by atoms with Crippen molar-refractivity contribution in [2.75, 3.05) is 71.0 Å². The molecule has 460 valence electrons. The maximum atomic E-state index is 7.24. The normalized spacial score (nSPS) is 15.1. The highest BCUT2D eigenvalue weighted by Gasteiger charge is 2.46. The molecule has 0 saturated carbocycles. The van der Waals surface area contributed by atoms with Crippen LogP contribution in [0.5, 0.6) is 0 Å². The van der Waals surface area contributed by atoms with E-state index in [1.54, 1.807) is 0 Å². The third kappa shape index (κ3) is 12.7. The average Bonchev–Trinajstić information content (AvgIpc) is 1.58. The maximum Gasteiger partial charge on any atom is 0.223 e. The van der Waals surface area contributed by atoms with Gasteiger partial charge < -0.3 is 37.9 Å². The minimum absolute atomic E-state index is 0.250. The lowest BCUT2D eigenvalue weighted by atomic mass is 9.85. The van der Waals surface area contributed by atoms with Crippen molar-refractivity contribution in [1.29, 1.82) is 0 Å². The van der Waals surface area contributed by atoms with Gasteiger partial charge in [-0.25, -0.2) is 0 Å². The molecular weight excluding hydrogens is 1120 g/mol. The summed E-state index contributed by atoms with van der Waals surface area (Å²) in [5.41, 5.74) is 23.4. The Balaban J connectivity index is 0.735. The van der Waals surface area contributed by atoms with E-state index in [2.05, 4.69) is 268 Å². The number of anilines is 3. The van der Waals surface area contributed by atoms with E-state index in [0.717, 1.165) is 151 Å². The van der Waals surface area contributed by atoms with Crippen LogP contribution < -0.4 is 4.90 Å². The lowest BCUT2D eigenvalue weighted by molar-refractivity contribution is -0.217. The van der Waals surface area contributed by atoms with Gasteiger partial charge in [0, 0.05) is 81.9 Å². The lowest BCUT2D eigenvalue weighted by Gasteiger charge is -2.37. The first-order valence-electron chi connectivity index (χ1n) is 32.8. The quantitative estimate of drug-likeness (QED) is 0.0395. The largest absolute Gasteiger partial charge is 0.381 e. The summed E-state index contributed by atoms with van der Waals surface area (Å²) in [5.74, 6) is -1.08. The van der Waals surface area contributed by atoms with Crippen LogP contribution in [-0.4, -0.2) is 70.6 Å². The predicted octanol–water partition coefficient (Wildman–Crippen LogP) is 20.2. The Bertz CT molecular complexity index is 4160. The number of hydrogen-bond acceptors (Lipinski definition) is 7. The van der Waals surface area contributed by atoms with E-state index in [-0.39, 0.29) is 10.8 Å². The van der Waals surface area contributed by atoms with Crippen molar-refractivity contribution in [3.8, 4) is 61.3 Å². The minimum Gasteiger partial charge on any atom is -0.381 e. The molecule has 0 atom stereocenters. The smallest absolute Gasteiger partial charge is 0.223 e. The Kier molecular flexibility index (Phi) is 17.5. The molecule has 10 aromatic carbocycles. The molecule has 0 spiro atoms. The Morgan fingerprint density at radius 2 is 0.758 bits per heavy atom. The summed E-state index contributed by atoms with van der Waals surface area (Å²) in [4.78, 5) is 2.34. The van der Waals surface area contributed by atoms with Crippen molar-refractivity contribution in [3.63, 3.8) is 0 Å². The van der Waals surface area contributed by atoms with Crippen LogP contribution in [0.25, 0.3) is 83.1 Å². The number of unbranched alkanes of at least 4 members (excludes halogenated alkanes) is 2. The third-order valence-electron chi connectivity index (χ3n) is 19.0. The van der Waals surface area contributed by atoms with Gasteiger partial charge in [0.15, 0.2) is 0 Å². The van der Waals surface area contributed by atoms with Gasteiger partial charge in [-0.05, 0) is 193 Å². The van der Waals surface area contributed by atoms with Crippen LogP contribution in [0.2, 0.25) is 0 Å². The monoisotopic (exact) mass is 1200 g/mol. The van der Waals surface area contributed by atoms with Gasteiger partial charge in [-0.2, -0.15) is 0 Å². The van der Waals surface area contributed by atoms with Crippen LogP contribution in [0.3, 0.4) is 0 Å². The molecule has 1 aliphatic carbocycles. The molecule has 91 heavy (non-hydrogen) atoms. The molecule has 0 unspecified atom stereocenters. The molecule has 2 fully saturated rings. The first-order valence-corrected chi connectivity index (χ1v) is 32.8. The second-order valence-electron chi connectivity index (χ2n) is 26.2. The number of ether oxygens (including phenoxy) is 6. The van der Waals surface area contributed by atoms with Crippen LogP contribution in [0, 0.1) is 24.7 Å². The lowest BCUT2D eigenvalue weighted by Crippen LogP contribution is -2.40. The fraction of sp³-hybridized carbons (Fsp3) is 0.277. The molecule has 1 aromatic heterocycles. The first-order chi connectivity index (χ1) is 44.6. The molecule has 3 aliphatic rings. The van der Waals surface area contributed by atoms with E-state index < -0.39 is 5.79 Å². The molecule has 0 bridgehead atoms. The van der Waals surface area contributed by atoms with Gasteiger partial charge in [-0.15, -0.1) is 0 Å². The fourth-order valence-corrected chi connectivity index (χ4v) is 13.5. The van der Waals surface area contributed by atoms with E-state index in [1.807, 2.05) is 0 Å². The number of benzene rings is 10. The fourth-order valence-electron chi connectivity index (χ4n) is 13.5. The number of nitrogens with zero attached hydrogens (tertiary/aromatic N) is 2. The van der Waals surface area contributed by atoms with Crippen molar-refractivity contribution in [2.45, 2.75) is 72.0 Å². The van der Waals surface area contributed by atoms with E-state index in [4.69, 9.17) is 28.4 Å². The van der Waals surface area contributed by atoms with Crippen molar-refractivity contribution in [2.24, 2.45) is 10.8 Å². The average molecular weight is 1200 g/mol. The van der Waals surface area contributed by atoms with Gasteiger partial charge in [0.2, 0.25) is 5.79 Å². The Morgan fingerprint density at radius 1 is 0.374 bits per heavy atom. The van der Waals surface area contributed by atoms with Crippen molar-refractivity contribution in [3.05, 3.63) is 253 Å². The molecule has 14 rings (SSSR count). The van der Waals surface area contributed by atoms with E-state index >= 15 is 0 Å². The molecule has 8 heteroatoms. The Labute approximate surface area is 536 Å². The van der Waals surface area contributed by atoms with Gasteiger partial charge in [-0.1, -0.05) is 171 Å². The maximum absolute atomic E-state index is 7.24. The summed E-state index contributed by atoms with van der Waals surface area (Å²) >= 11 is 0. The van der Waals surface area contributed by atoms with Gasteiger partial charge in [0.25, 0.3) is 0 Å². The number of fused-ring (bicyclic) bond motifs is 6. The number of hydrogen-bond donors (Lipinski definition) is 0. The molecule has 2 aliphatic heterocycles. The van der Waals surface area contributed by atoms with Crippen LogP contribution in [0.1, 0.15) is 74.6 Å². The minimum atomic E-state index is -1.08. The second kappa shape index (κ2) is 26.4. The van der Waals surface area contributed by atoms with Gasteiger partial charge in [0.1, 0.15) is 0 Å². The SMILES string of the molecule is Cc1ccc2c(c1)C(OCCCCOCCC1(C)COC1)(OCCCCOCCC1(C)COC1)c1cc(-c3ccc4c(c3)c3cc(C)ccc3n4-c3ccc(-c4ccc(N(c5ccc(-c6ccccc6)cc5)c5ccc(-c6ccccc6)cc5)cc4)cc3)ccc1-2. The molecule has 2 saturated heterocycles.